The van der Waals surface area contributed by atoms with Gasteiger partial charge in [-0.15, -0.1) is 0 Å². The number of aromatic nitrogens is 2. The number of anilines is 4. The number of aryl methyl sites for hydroxylation is 1. The number of hydrogen-bond donors (Lipinski definition) is 1. The van der Waals surface area contributed by atoms with Crippen LogP contribution in [-0.2, 0) is 6.18 Å². The van der Waals surface area contributed by atoms with Gasteiger partial charge < -0.3 is 10.2 Å². The molecule has 0 amide bonds. The lowest BCUT2D eigenvalue weighted by molar-refractivity contribution is -0.137. The molecule has 1 heterocycles. The summed E-state index contributed by atoms with van der Waals surface area (Å²) in [5.41, 5.74) is 1.54. The van der Waals surface area contributed by atoms with E-state index >= 15 is 0 Å². The topological polar surface area (TPSA) is 64.8 Å². The molecule has 0 saturated heterocycles. The summed E-state index contributed by atoms with van der Waals surface area (Å²) < 4.78 is 40.5. The van der Waals surface area contributed by atoms with E-state index in [1.54, 1.807) is 18.2 Å². The van der Waals surface area contributed by atoms with Crippen molar-refractivity contribution < 1.29 is 13.2 Å². The molecule has 28 heavy (non-hydrogen) atoms. The Kier molecular flexibility index (Phi) is 5.18. The molecule has 1 aromatic heterocycles. The molecule has 142 valence electrons. The third-order valence-corrected chi connectivity index (χ3v) is 4.17. The Labute approximate surface area is 160 Å². The standard InChI is InChI=1S/C20H16F3N5/c1-13-5-3-4-6-17(13)26-19-25-12-16(20(21,22)23)18(27-19)28(2)15-9-7-14(11-24)8-10-15/h3-10,12H,1-2H3,(H,25,26,27). The fourth-order valence-corrected chi connectivity index (χ4v) is 2.60. The van der Waals surface area contributed by atoms with E-state index in [2.05, 4.69) is 15.3 Å². The quantitative estimate of drug-likeness (QED) is 0.672. The monoisotopic (exact) mass is 383 g/mol. The maximum atomic E-state index is 13.5. The Morgan fingerprint density at radius 1 is 1.07 bits per heavy atom. The fourth-order valence-electron chi connectivity index (χ4n) is 2.60. The first-order valence-corrected chi connectivity index (χ1v) is 8.30. The summed E-state index contributed by atoms with van der Waals surface area (Å²) in [5, 5.41) is 11.8. The van der Waals surface area contributed by atoms with Crippen molar-refractivity contribution in [2.75, 3.05) is 17.3 Å². The zero-order valence-corrected chi connectivity index (χ0v) is 15.1. The van der Waals surface area contributed by atoms with E-state index in [1.807, 2.05) is 31.2 Å². The maximum absolute atomic E-state index is 13.5. The maximum Gasteiger partial charge on any atom is 0.421 e. The number of nitriles is 1. The minimum absolute atomic E-state index is 0.0535. The number of alkyl halides is 3. The highest BCUT2D eigenvalue weighted by atomic mass is 19.4. The van der Waals surface area contributed by atoms with Crippen LogP contribution in [-0.4, -0.2) is 17.0 Å². The largest absolute Gasteiger partial charge is 0.421 e. The summed E-state index contributed by atoms with van der Waals surface area (Å²) in [6, 6.07) is 15.5. The molecule has 0 saturated carbocycles. The lowest BCUT2D eigenvalue weighted by Gasteiger charge is -2.23. The van der Waals surface area contributed by atoms with Crippen LogP contribution in [0.5, 0.6) is 0 Å². The Morgan fingerprint density at radius 3 is 2.36 bits per heavy atom. The molecule has 0 bridgehead atoms. The SMILES string of the molecule is Cc1ccccc1Nc1ncc(C(F)(F)F)c(N(C)c2ccc(C#N)cc2)n1. The van der Waals surface area contributed by atoms with Crippen LogP contribution >= 0.6 is 0 Å². The van der Waals surface area contributed by atoms with Gasteiger partial charge in [0.05, 0.1) is 11.6 Å². The predicted molar refractivity (Wildman–Crippen MR) is 101 cm³/mol. The number of benzene rings is 2. The normalized spacial score (nSPS) is 11.0. The minimum Gasteiger partial charge on any atom is -0.329 e. The van der Waals surface area contributed by atoms with E-state index in [0.717, 1.165) is 11.8 Å². The molecule has 3 aromatic rings. The summed E-state index contributed by atoms with van der Waals surface area (Å²) in [6.45, 7) is 1.87. The molecule has 5 nitrogen and oxygen atoms in total. The first-order chi connectivity index (χ1) is 13.3. The summed E-state index contributed by atoms with van der Waals surface area (Å²) in [5.74, 6) is -0.235. The van der Waals surface area contributed by atoms with Crippen LogP contribution in [0.2, 0.25) is 0 Å². The molecular formula is C20H16F3N5. The van der Waals surface area contributed by atoms with Gasteiger partial charge in [-0.2, -0.15) is 23.4 Å². The molecule has 0 spiro atoms. The molecule has 3 rings (SSSR count). The molecule has 0 aliphatic heterocycles. The molecule has 0 unspecified atom stereocenters. The third-order valence-electron chi connectivity index (χ3n) is 4.17. The Morgan fingerprint density at radius 2 is 1.75 bits per heavy atom. The van der Waals surface area contributed by atoms with Crippen molar-refractivity contribution in [3.63, 3.8) is 0 Å². The van der Waals surface area contributed by atoms with E-state index in [9.17, 15) is 13.2 Å². The van der Waals surface area contributed by atoms with Gasteiger partial charge in [-0.05, 0) is 42.8 Å². The molecule has 0 aliphatic carbocycles. The number of nitrogens with zero attached hydrogens (tertiary/aromatic N) is 4. The predicted octanol–water partition coefficient (Wildman–Crippen LogP) is 5.19. The van der Waals surface area contributed by atoms with Gasteiger partial charge in [0.1, 0.15) is 5.56 Å². The van der Waals surface area contributed by atoms with Crippen molar-refractivity contribution in [1.29, 1.82) is 5.26 Å². The van der Waals surface area contributed by atoms with Crippen molar-refractivity contribution in [2.24, 2.45) is 0 Å². The minimum atomic E-state index is -4.61. The number of nitrogens with one attached hydrogen (secondary N) is 1. The molecule has 8 heteroatoms. The second-order valence-corrected chi connectivity index (χ2v) is 6.09. The van der Waals surface area contributed by atoms with Gasteiger partial charge in [0.2, 0.25) is 5.95 Å². The van der Waals surface area contributed by atoms with Crippen LogP contribution in [0.3, 0.4) is 0 Å². The number of rotatable bonds is 4. The first-order valence-electron chi connectivity index (χ1n) is 8.30. The second kappa shape index (κ2) is 7.56. The smallest absolute Gasteiger partial charge is 0.329 e. The van der Waals surface area contributed by atoms with Crippen LogP contribution in [0.25, 0.3) is 0 Å². The van der Waals surface area contributed by atoms with Crippen LogP contribution < -0.4 is 10.2 Å². The van der Waals surface area contributed by atoms with Crippen LogP contribution in [0.1, 0.15) is 16.7 Å². The van der Waals surface area contributed by atoms with Gasteiger partial charge in [0, 0.05) is 24.6 Å². The number of para-hydroxylation sites is 1. The van der Waals surface area contributed by atoms with Gasteiger partial charge in [0.15, 0.2) is 5.82 Å². The highest BCUT2D eigenvalue weighted by molar-refractivity contribution is 5.66. The van der Waals surface area contributed by atoms with Crippen LogP contribution in [0.4, 0.5) is 36.3 Å². The van der Waals surface area contributed by atoms with Gasteiger partial charge in [-0.25, -0.2) is 4.98 Å². The van der Waals surface area contributed by atoms with Gasteiger partial charge in [0.25, 0.3) is 0 Å². The van der Waals surface area contributed by atoms with E-state index in [4.69, 9.17) is 5.26 Å². The zero-order valence-electron chi connectivity index (χ0n) is 15.1. The molecular weight excluding hydrogens is 367 g/mol. The molecule has 2 aromatic carbocycles. The fraction of sp³-hybridized carbons (Fsp3) is 0.150. The first kappa shape index (κ1) is 19.2. The van der Waals surface area contributed by atoms with E-state index in [1.165, 1.54) is 24.1 Å². The summed E-state index contributed by atoms with van der Waals surface area (Å²) >= 11 is 0. The average molecular weight is 383 g/mol. The van der Waals surface area contributed by atoms with Crippen molar-refractivity contribution in [3.8, 4) is 6.07 Å². The highest BCUT2D eigenvalue weighted by Crippen LogP contribution is 2.37. The molecule has 0 radical (unpaired) electrons. The average Bonchev–Trinajstić information content (AvgIpc) is 2.68. The number of halogens is 3. The molecule has 0 aliphatic rings. The van der Waals surface area contributed by atoms with Crippen molar-refractivity contribution in [2.45, 2.75) is 13.1 Å². The molecule has 0 fully saturated rings. The summed E-state index contributed by atoms with van der Waals surface area (Å²) in [7, 11) is 1.48. The van der Waals surface area contributed by atoms with Gasteiger partial charge >= 0.3 is 6.18 Å². The Bertz CT molecular complexity index is 1020. The van der Waals surface area contributed by atoms with Crippen LogP contribution in [0, 0.1) is 18.3 Å². The molecule has 0 atom stereocenters. The van der Waals surface area contributed by atoms with Gasteiger partial charge in [-0.3, -0.25) is 0 Å². The van der Waals surface area contributed by atoms with E-state index in [0.29, 0.717) is 16.9 Å². The second-order valence-electron chi connectivity index (χ2n) is 6.09. The van der Waals surface area contributed by atoms with Crippen molar-refractivity contribution in [3.05, 3.63) is 71.4 Å². The Hall–Kier alpha value is -3.60. The van der Waals surface area contributed by atoms with E-state index < -0.39 is 11.7 Å². The zero-order chi connectivity index (χ0) is 20.3. The van der Waals surface area contributed by atoms with Gasteiger partial charge in [-0.1, -0.05) is 18.2 Å². The van der Waals surface area contributed by atoms with Crippen LogP contribution in [0.15, 0.2) is 54.7 Å². The van der Waals surface area contributed by atoms with Crippen molar-refractivity contribution >= 4 is 23.1 Å². The Balaban J connectivity index is 2.03. The highest BCUT2D eigenvalue weighted by Gasteiger charge is 2.36. The summed E-state index contributed by atoms with van der Waals surface area (Å²) in [4.78, 5) is 9.26. The van der Waals surface area contributed by atoms with E-state index in [-0.39, 0.29) is 11.8 Å². The molecule has 1 N–H and O–H groups in total. The lowest BCUT2D eigenvalue weighted by atomic mass is 10.2. The van der Waals surface area contributed by atoms with Crippen molar-refractivity contribution in [1.82, 2.24) is 9.97 Å². The lowest BCUT2D eigenvalue weighted by Crippen LogP contribution is -2.19. The summed E-state index contributed by atoms with van der Waals surface area (Å²) in [6.07, 6.45) is -3.85. The number of hydrogen-bond acceptors (Lipinski definition) is 5. The third kappa shape index (κ3) is 4.04.